The zero-order chi connectivity index (χ0) is 15.8. The summed E-state index contributed by atoms with van der Waals surface area (Å²) in [7, 11) is 0. The van der Waals surface area contributed by atoms with Crippen LogP contribution in [-0.2, 0) is 12.8 Å². The molecule has 2 aliphatic rings. The SMILES string of the molecule is N#Cc1cc2c(nc1N1CCC(n3cc(Br)cn3)C1)CCCC2. The summed E-state index contributed by atoms with van der Waals surface area (Å²) in [5, 5.41) is 13.9. The van der Waals surface area contributed by atoms with Gasteiger partial charge in [-0.05, 0) is 59.7 Å². The Labute approximate surface area is 144 Å². The molecule has 0 radical (unpaired) electrons. The van der Waals surface area contributed by atoms with Gasteiger partial charge in [0.2, 0.25) is 0 Å². The van der Waals surface area contributed by atoms with E-state index in [4.69, 9.17) is 4.98 Å². The van der Waals surface area contributed by atoms with Crippen molar-refractivity contribution in [3.8, 4) is 6.07 Å². The molecular weight excluding hydrogens is 354 g/mol. The van der Waals surface area contributed by atoms with E-state index in [-0.39, 0.29) is 0 Å². The van der Waals surface area contributed by atoms with Gasteiger partial charge in [-0.25, -0.2) is 4.98 Å². The molecule has 3 heterocycles. The maximum Gasteiger partial charge on any atom is 0.146 e. The van der Waals surface area contributed by atoms with E-state index in [2.05, 4.69) is 38.1 Å². The molecule has 5 nitrogen and oxygen atoms in total. The number of hydrogen-bond donors (Lipinski definition) is 0. The van der Waals surface area contributed by atoms with E-state index in [9.17, 15) is 5.26 Å². The summed E-state index contributed by atoms with van der Waals surface area (Å²) >= 11 is 3.45. The first-order valence-electron chi connectivity index (χ1n) is 8.12. The van der Waals surface area contributed by atoms with Crippen LogP contribution in [0.15, 0.2) is 22.9 Å². The van der Waals surface area contributed by atoms with Gasteiger partial charge in [0.1, 0.15) is 11.9 Å². The summed E-state index contributed by atoms with van der Waals surface area (Å²) in [6.07, 6.45) is 9.37. The molecule has 0 spiro atoms. The van der Waals surface area contributed by atoms with E-state index in [0.717, 1.165) is 42.6 Å². The Morgan fingerprint density at radius 3 is 2.96 bits per heavy atom. The maximum absolute atomic E-state index is 9.53. The first-order chi connectivity index (χ1) is 11.2. The largest absolute Gasteiger partial charge is 0.353 e. The fourth-order valence-corrected chi connectivity index (χ4v) is 3.91. The molecule has 0 aromatic carbocycles. The molecule has 118 valence electrons. The second kappa shape index (κ2) is 5.97. The van der Waals surface area contributed by atoms with Crippen molar-refractivity contribution in [1.29, 1.82) is 5.26 Å². The first kappa shape index (κ1) is 14.7. The molecule has 1 saturated heterocycles. The Hall–Kier alpha value is -1.87. The minimum Gasteiger partial charge on any atom is -0.353 e. The minimum atomic E-state index is 0.339. The molecule has 0 saturated carbocycles. The quantitative estimate of drug-likeness (QED) is 0.812. The highest BCUT2D eigenvalue weighted by molar-refractivity contribution is 9.10. The Morgan fingerprint density at radius 2 is 2.17 bits per heavy atom. The van der Waals surface area contributed by atoms with Crippen LogP contribution in [-0.4, -0.2) is 27.9 Å². The lowest BCUT2D eigenvalue weighted by Crippen LogP contribution is -2.24. The van der Waals surface area contributed by atoms with Crippen LogP contribution in [0.5, 0.6) is 0 Å². The van der Waals surface area contributed by atoms with Crippen molar-refractivity contribution in [3.05, 3.63) is 39.8 Å². The monoisotopic (exact) mass is 371 g/mol. The molecule has 1 atom stereocenters. The summed E-state index contributed by atoms with van der Waals surface area (Å²) in [6, 6.07) is 4.75. The van der Waals surface area contributed by atoms with Gasteiger partial charge in [0, 0.05) is 25.0 Å². The summed E-state index contributed by atoms with van der Waals surface area (Å²) in [6.45, 7) is 1.77. The van der Waals surface area contributed by atoms with Crippen LogP contribution < -0.4 is 4.90 Å². The van der Waals surface area contributed by atoms with Gasteiger partial charge in [0.05, 0.1) is 22.3 Å². The van der Waals surface area contributed by atoms with E-state index in [1.54, 1.807) is 0 Å². The van der Waals surface area contributed by atoms with Crippen LogP contribution in [0.4, 0.5) is 5.82 Å². The third kappa shape index (κ3) is 2.74. The van der Waals surface area contributed by atoms with Gasteiger partial charge >= 0.3 is 0 Å². The van der Waals surface area contributed by atoms with Crippen molar-refractivity contribution in [1.82, 2.24) is 14.8 Å². The number of halogens is 1. The highest BCUT2D eigenvalue weighted by Crippen LogP contribution is 2.31. The van der Waals surface area contributed by atoms with E-state index in [1.807, 2.05) is 17.1 Å². The van der Waals surface area contributed by atoms with E-state index < -0.39 is 0 Å². The number of fused-ring (bicyclic) bond motifs is 1. The van der Waals surface area contributed by atoms with Gasteiger partial charge < -0.3 is 4.90 Å². The predicted octanol–water partition coefficient (Wildman–Crippen LogP) is 3.24. The number of rotatable bonds is 2. The summed E-state index contributed by atoms with van der Waals surface area (Å²) in [4.78, 5) is 7.11. The Kier molecular flexibility index (Phi) is 3.82. The highest BCUT2D eigenvalue weighted by Gasteiger charge is 2.28. The molecule has 0 N–H and O–H groups in total. The van der Waals surface area contributed by atoms with Crippen LogP contribution in [0.2, 0.25) is 0 Å². The number of aromatic nitrogens is 3. The molecule has 1 aliphatic heterocycles. The van der Waals surface area contributed by atoms with Crippen molar-refractivity contribution < 1.29 is 0 Å². The summed E-state index contributed by atoms with van der Waals surface area (Å²) < 4.78 is 3.01. The number of pyridine rings is 1. The van der Waals surface area contributed by atoms with Crippen molar-refractivity contribution in [3.63, 3.8) is 0 Å². The average Bonchev–Trinajstić information content (AvgIpc) is 3.22. The van der Waals surface area contributed by atoms with Crippen molar-refractivity contribution in [2.75, 3.05) is 18.0 Å². The van der Waals surface area contributed by atoms with Gasteiger partial charge in [-0.1, -0.05) is 0 Å². The number of aryl methyl sites for hydroxylation is 2. The lowest BCUT2D eigenvalue weighted by molar-refractivity contribution is 0.494. The van der Waals surface area contributed by atoms with Crippen LogP contribution >= 0.6 is 15.9 Å². The van der Waals surface area contributed by atoms with Gasteiger partial charge in [-0.2, -0.15) is 10.4 Å². The van der Waals surface area contributed by atoms with Gasteiger partial charge in [0.15, 0.2) is 0 Å². The molecule has 0 bridgehead atoms. The van der Waals surface area contributed by atoms with E-state index in [0.29, 0.717) is 11.6 Å². The van der Waals surface area contributed by atoms with Gasteiger partial charge in [0.25, 0.3) is 0 Å². The minimum absolute atomic E-state index is 0.339. The van der Waals surface area contributed by atoms with Crippen LogP contribution in [0.1, 0.15) is 42.1 Å². The first-order valence-corrected chi connectivity index (χ1v) is 8.91. The molecule has 4 rings (SSSR count). The summed E-state index contributed by atoms with van der Waals surface area (Å²) in [5.41, 5.74) is 3.17. The zero-order valence-electron chi connectivity index (χ0n) is 12.9. The van der Waals surface area contributed by atoms with Crippen molar-refractivity contribution in [2.45, 2.75) is 38.1 Å². The van der Waals surface area contributed by atoms with Crippen LogP contribution in [0.3, 0.4) is 0 Å². The molecule has 1 aliphatic carbocycles. The Bertz CT molecular complexity index is 776. The van der Waals surface area contributed by atoms with Crippen molar-refractivity contribution >= 4 is 21.7 Å². The van der Waals surface area contributed by atoms with E-state index in [1.165, 1.54) is 24.1 Å². The van der Waals surface area contributed by atoms with Gasteiger partial charge in [-0.3, -0.25) is 4.68 Å². The van der Waals surface area contributed by atoms with Gasteiger partial charge in [-0.15, -0.1) is 0 Å². The second-order valence-corrected chi connectivity index (χ2v) is 7.23. The topological polar surface area (TPSA) is 57.7 Å². The molecule has 0 amide bonds. The van der Waals surface area contributed by atoms with Crippen LogP contribution in [0.25, 0.3) is 0 Å². The Morgan fingerprint density at radius 1 is 1.30 bits per heavy atom. The lowest BCUT2D eigenvalue weighted by Gasteiger charge is -2.23. The van der Waals surface area contributed by atoms with Crippen LogP contribution in [0, 0.1) is 11.3 Å². The number of nitrogens with zero attached hydrogens (tertiary/aromatic N) is 5. The smallest absolute Gasteiger partial charge is 0.146 e. The normalized spacial score (nSPS) is 20.3. The number of nitriles is 1. The Balaban J connectivity index is 1.62. The number of hydrogen-bond acceptors (Lipinski definition) is 4. The second-order valence-electron chi connectivity index (χ2n) is 6.31. The maximum atomic E-state index is 9.53. The highest BCUT2D eigenvalue weighted by atomic mass is 79.9. The summed E-state index contributed by atoms with van der Waals surface area (Å²) in [5.74, 6) is 0.863. The number of anilines is 1. The molecular formula is C17H18BrN5. The lowest BCUT2D eigenvalue weighted by atomic mass is 9.95. The fraction of sp³-hybridized carbons (Fsp3) is 0.471. The zero-order valence-corrected chi connectivity index (χ0v) is 14.5. The standard InChI is InChI=1S/C17H18BrN5/c18-14-9-20-23(10-14)15-5-6-22(11-15)17-13(8-19)7-12-3-1-2-4-16(12)21-17/h7,9-10,15H,1-6,11H2. The van der Waals surface area contributed by atoms with E-state index >= 15 is 0 Å². The van der Waals surface area contributed by atoms with Crippen molar-refractivity contribution in [2.24, 2.45) is 0 Å². The molecule has 23 heavy (non-hydrogen) atoms. The third-order valence-corrected chi connectivity index (χ3v) is 5.22. The molecule has 1 fully saturated rings. The molecule has 2 aromatic heterocycles. The molecule has 1 unspecified atom stereocenters. The molecule has 6 heteroatoms. The fourth-order valence-electron chi connectivity index (χ4n) is 3.61. The third-order valence-electron chi connectivity index (χ3n) is 4.81. The average molecular weight is 372 g/mol. The molecule has 2 aromatic rings. The predicted molar refractivity (Wildman–Crippen MR) is 91.4 cm³/mol.